The zero-order valence-corrected chi connectivity index (χ0v) is 9.28. The van der Waals surface area contributed by atoms with Crippen molar-refractivity contribution in [2.24, 2.45) is 5.92 Å². The Hall–Kier alpha value is -1.22. The van der Waals surface area contributed by atoms with Crippen LogP contribution in [0.3, 0.4) is 0 Å². The average Bonchev–Trinajstić information content (AvgIpc) is 2.64. The molecule has 2 unspecified atom stereocenters. The molecule has 0 aliphatic carbocycles. The van der Waals surface area contributed by atoms with E-state index >= 15 is 0 Å². The lowest BCUT2D eigenvalue weighted by molar-refractivity contribution is -0.123. The SMILES string of the molecule is CC1OCCC1C(=O)Cc1cccc(F)c1. The number of carbonyl (C=O) groups is 1. The third kappa shape index (κ3) is 2.47. The number of ketones is 1. The van der Waals surface area contributed by atoms with Crippen LogP contribution in [0.5, 0.6) is 0 Å². The van der Waals surface area contributed by atoms with Gasteiger partial charge in [0.25, 0.3) is 0 Å². The van der Waals surface area contributed by atoms with Gasteiger partial charge >= 0.3 is 0 Å². The maximum absolute atomic E-state index is 12.9. The average molecular weight is 222 g/mol. The molecule has 1 saturated heterocycles. The molecule has 2 nitrogen and oxygen atoms in total. The summed E-state index contributed by atoms with van der Waals surface area (Å²) < 4.78 is 18.3. The topological polar surface area (TPSA) is 26.3 Å². The van der Waals surface area contributed by atoms with E-state index in [1.807, 2.05) is 6.92 Å². The minimum Gasteiger partial charge on any atom is -0.378 e. The largest absolute Gasteiger partial charge is 0.378 e. The molecule has 2 rings (SSSR count). The van der Waals surface area contributed by atoms with E-state index in [4.69, 9.17) is 4.74 Å². The van der Waals surface area contributed by atoms with E-state index in [1.54, 1.807) is 12.1 Å². The van der Waals surface area contributed by atoms with Crippen molar-refractivity contribution < 1.29 is 13.9 Å². The molecule has 0 aromatic heterocycles. The van der Waals surface area contributed by atoms with Crippen molar-refractivity contribution in [3.05, 3.63) is 35.6 Å². The number of rotatable bonds is 3. The highest BCUT2D eigenvalue weighted by Crippen LogP contribution is 2.22. The van der Waals surface area contributed by atoms with Crippen molar-refractivity contribution in [2.75, 3.05) is 6.61 Å². The summed E-state index contributed by atoms with van der Waals surface area (Å²) in [6.45, 7) is 2.57. The molecule has 1 fully saturated rings. The van der Waals surface area contributed by atoms with Crippen molar-refractivity contribution in [1.29, 1.82) is 0 Å². The zero-order chi connectivity index (χ0) is 11.5. The highest BCUT2D eigenvalue weighted by atomic mass is 19.1. The molecule has 0 N–H and O–H groups in total. The first-order valence-corrected chi connectivity index (χ1v) is 5.55. The third-order valence-corrected chi connectivity index (χ3v) is 3.06. The van der Waals surface area contributed by atoms with Crippen molar-refractivity contribution >= 4 is 5.78 Å². The lowest BCUT2D eigenvalue weighted by atomic mass is 9.93. The van der Waals surface area contributed by atoms with Crippen molar-refractivity contribution in [3.8, 4) is 0 Å². The lowest BCUT2D eigenvalue weighted by Gasteiger charge is -2.12. The second kappa shape index (κ2) is 4.74. The van der Waals surface area contributed by atoms with Crippen LogP contribution in [-0.2, 0) is 16.0 Å². The highest BCUT2D eigenvalue weighted by Gasteiger charge is 2.30. The van der Waals surface area contributed by atoms with Gasteiger partial charge in [-0.3, -0.25) is 4.79 Å². The Morgan fingerprint density at radius 1 is 1.56 bits per heavy atom. The molecule has 0 saturated carbocycles. The lowest BCUT2D eigenvalue weighted by Crippen LogP contribution is -2.23. The van der Waals surface area contributed by atoms with Gasteiger partial charge in [0.15, 0.2) is 0 Å². The normalized spacial score (nSPS) is 24.6. The molecule has 0 amide bonds. The van der Waals surface area contributed by atoms with Crippen LogP contribution >= 0.6 is 0 Å². The van der Waals surface area contributed by atoms with Gasteiger partial charge in [-0.1, -0.05) is 12.1 Å². The first-order valence-electron chi connectivity index (χ1n) is 5.55. The predicted octanol–water partition coefficient (Wildman–Crippen LogP) is 2.36. The van der Waals surface area contributed by atoms with E-state index < -0.39 is 0 Å². The van der Waals surface area contributed by atoms with Gasteiger partial charge in [0.2, 0.25) is 0 Å². The van der Waals surface area contributed by atoms with E-state index in [0.29, 0.717) is 13.0 Å². The Morgan fingerprint density at radius 2 is 2.38 bits per heavy atom. The smallest absolute Gasteiger partial charge is 0.142 e. The van der Waals surface area contributed by atoms with Gasteiger partial charge < -0.3 is 4.74 Å². The second-order valence-electron chi connectivity index (χ2n) is 4.24. The van der Waals surface area contributed by atoms with Crippen LogP contribution in [-0.4, -0.2) is 18.5 Å². The summed E-state index contributed by atoms with van der Waals surface area (Å²) in [7, 11) is 0. The molecule has 2 atom stereocenters. The van der Waals surface area contributed by atoms with E-state index in [-0.39, 0.29) is 23.6 Å². The molecule has 0 spiro atoms. The molecule has 16 heavy (non-hydrogen) atoms. The predicted molar refractivity (Wildman–Crippen MR) is 58.6 cm³/mol. The Balaban J connectivity index is 2.02. The first-order chi connectivity index (χ1) is 7.66. The molecular formula is C13H15FO2. The van der Waals surface area contributed by atoms with Gasteiger partial charge in [-0.25, -0.2) is 4.39 Å². The first kappa shape index (κ1) is 11.3. The molecule has 1 aliphatic heterocycles. The summed E-state index contributed by atoms with van der Waals surface area (Å²) >= 11 is 0. The van der Waals surface area contributed by atoms with Crippen molar-refractivity contribution in [1.82, 2.24) is 0 Å². The monoisotopic (exact) mass is 222 g/mol. The van der Waals surface area contributed by atoms with Gasteiger partial charge in [-0.05, 0) is 31.0 Å². The molecule has 1 aliphatic rings. The molecular weight excluding hydrogens is 207 g/mol. The van der Waals surface area contributed by atoms with E-state index in [1.165, 1.54) is 12.1 Å². The Morgan fingerprint density at radius 3 is 3.00 bits per heavy atom. The number of benzene rings is 1. The molecule has 0 bridgehead atoms. The van der Waals surface area contributed by atoms with Crippen molar-refractivity contribution in [3.63, 3.8) is 0 Å². The van der Waals surface area contributed by atoms with Crippen LogP contribution in [0.1, 0.15) is 18.9 Å². The number of hydrogen-bond donors (Lipinski definition) is 0. The Bertz CT molecular complexity index is 389. The minimum absolute atomic E-state index is 0.000981. The number of carbonyl (C=O) groups excluding carboxylic acids is 1. The maximum atomic E-state index is 12.9. The van der Waals surface area contributed by atoms with Crippen LogP contribution in [0.2, 0.25) is 0 Å². The summed E-state index contributed by atoms with van der Waals surface area (Å²) in [5.41, 5.74) is 0.740. The standard InChI is InChI=1S/C13H15FO2/c1-9-12(5-6-16-9)13(15)8-10-3-2-4-11(14)7-10/h2-4,7,9,12H,5-6,8H2,1H3. The summed E-state index contributed by atoms with van der Waals surface area (Å²) in [6, 6.07) is 6.21. The van der Waals surface area contributed by atoms with Gasteiger partial charge in [0.1, 0.15) is 11.6 Å². The summed E-state index contributed by atoms with van der Waals surface area (Å²) in [5.74, 6) is -0.167. The number of hydrogen-bond acceptors (Lipinski definition) is 2. The fraction of sp³-hybridized carbons (Fsp3) is 0.462. The molecule has 1 aromatic carbocycles. The van der Waals surface area contributed by atoms with Crippen LogP contribution in [0, 0.1) is 11.7 Å². The van der Waals surface area contributed by atoms with Gasteiger partial charge in [-0.15, -0.1) is 0 Å². The van der Waals surface area contributed by atoms with Gasteiger partial charge in [0.05, 0.1) is 6.10 Å². The van der Waals surface area contributed by atoms with Crippen LogP contribution < -0.4 is 0 Å². The number of halogens is 1. The Labute approximate surface area is 94.4 Å². The minimum atomic E-state index is -0.291. The van der Waals surface area contributed by atoms with E-state index in [0.717, 1.165) is 12.0 Å². The third-order valence-electron chi connectivity index (χ3n) is 3.06. The number of ether oxygens (including phenoxy) is 1. The molecule has 0 radical (unpaired) electrons. The Kier molecular flexibility index (Phi) is 3.34. The summed E-state index contributed by atoms with van der Waals surface area (Å²) in [5, 5.41) is 0. The zero-order valence-electron chi connectivity index (χ0n) is 9.28. The van der Waals surface area contributed by atoms with Crippen LogP contribution in [0.4, 0.5) is 4.39 Å². The number of Topliss-reactive ketones (excluding diaryl/α,β-unsaturated/α-hetero) is 1. The van der Waals surface area contributed by atoms with Gasteiger partial charge in [-0.2, -0.15) is 0 Å². The van der Waals surface area contributed by atoms with Gasteiger partial charge in [0, 0.05) is 18.9 Å². The highest BCUT2D eigenvalue weighted by molar-refractivity contribution is 5.84. The van der Waals surface area contributed by atoms with Crippen LogP contribution in [0.15, 0.2) is 24.3 Å². The fourth-order valence-electron chi connectivity index (χ4n) is 2.13. The van der Waals surface area contributed by atoms with Crippen LogP contribution in [0.25, 0.3) is 0 Å². The van der Waals surface area contributed by atoms with E-state index in [2.05, 4.69) is 0 Å². The molecule has 86 valence electrons. The molecule has 1 aromatic rings. The second-order valence-corrected chi connectivity index (χ2v) is 4.24. The summed E-state index contributed by atoms with van der Waals surface area (Å²) in [4.78, 5) is 11.9. The molecule has 1 heterocycles. The fourth-order valence-corrected chi connectivity index (χ4v) is 2.13. The van der Waals surface area contributed by atoms with Crippen molar-refractivity contribution in [2.45, 2.75) is 25.9 Å². The van der Waals surface area contributed by atoms with E-state index in [9.17, 15) is 9.18 Å². The molecule has 3 heteroatoms. The maximum Gasteiger partial charge on any atom is 0.142 e. The quantitative estimate of drug-likeness (QED) is 0.784. The summed E-state index contributed by atoms with van der Waals surface area (Å²) in [6.07, 6.45) is 1.09.